The number of hydrogen-bond donors (Lipinski definition) is 1. The Morgan fingerprint density at radius 3 is 2.63 bits per heavy atom. The van der Waals surface area contributed by atoms with Crippen molar-refractivity contribution in [1.82, 2.24) is 4.90 Å². The smallest absolute Gasteiger partial charge is 0.272 e. The molecule has 0 radical (unpaired) electrons. The summed E-state index contributed by atoms with van der Waals surface area (Å²) in [6.07, 6.45) is -0.0637. The number of likely N-dealkylation sites (tertiary alicyclic amines) is 1. The molecule has 1 aromatic carbocycles. The van der Waals surface area contributed by atoms with E-state index < -0.39 is 22.7 Å². The lowest BCUT2D eigenvalue weighted by Gasteiger charge is -2.12. The number of nitro benzene ring substituents is 1. The second-order valence-corrected chi connectivity index (χ2v) is 4.11. The molecule has 1 fully saturated rings. The van der Waals surface area contributed by atoms with Crippen LogP contribution in [-0.4, -0.2) is 34.7 Å². The second-order valence-electron chi connectivity index (χ2n) is 4.11. The Balaban J connectivity index is 2.19. The van der Waals surface area contributed by atoms with Crippen molar-refractivity contribution in [3.63, 3.8) is 0 Å². The zero-order valence-electron chi connectivity index (χ0n) is 9.92. The summed E-state index contributed by atoms with van der Waals surface area (Å²) >= 11 is 0. The quantitative estimate of drug-likeness (QED) is 0.499. The Morgan fingerprint density at radius 1 is 1.47 bits per heavy atom. The van der Waals surface area contributed by atoms with E-state index in [-0.39, 0.29) is 23.7 Å². The first-order valence-corrected chi connectivity index (χ1v) is 5.41. The van der Waals surface area contributed by atoms with Crippen LogP contribution in [0.15, 0.2) is 18.2 Å². The summed E-state index contributed by atoms with van der Waals surface area (Å²) in [5, 5.41) is 13.0. The van der Waals surface area contributed by atoms with Crippen molar-refractivity contribution >= 4 is 23.2 Å². The molecule has 2 rings (SSSR count). The summed E-state index contributed by atoms with van der Waals surface area (Å²) in [5.41, 5.74) is -0.430. The lowest BCUT2D eigenvalue weighted by atomic mass is 10.2. The molecular formula is C11H10FN3O4. The number of carbonyl (C=O) groups excluding carboxylic acids is 2. The number of nitrogens with one attached hydrogen (secondary N) is 1. The van der Waals surface area contributed by atoms with Crippen molar-refractivity contribution in [2.24, 2.45) is 0 Å². The van der Waals surface area contributed by atoms with E-state index >= 15 is 0 Å². The minimum atomic E-state index is -0.844. The molecule has 100 valence electrons. The van der Waals surface area contributed by atoms with Crippen LogP contribution >= 0.6 is 0 Å². The molecule has 0 saturated carbocycles. The zero-order chi connectivity index (χ0) is 14.2. The highest BCUT2D eigenvalue weighted by molar-refractivity contribution is 6.06. The number of halogens is 1. The monoisotopic (exact) mass is 267 g/mol. The number of carbonyl (C=O) groups is 2. The number of anilines is 1. The number of non-ortho nitro benzene ring substituents is 1. The Kier molecular flexibility index (Phi) is 3.16. The molecule has 0 bridgehead atoms. The van der Waals surface area contributed by atoms with E-state index in [0.29, 0.717) is 0 Å². The van der Waals surface area contributed by atoms with Crippen LogP contribution < -0.4 is 5.32 Å². The molecule has 19 heavy (non-hydrogen) atoms. The van der Waals surface area contributed by atoms with Crippen molar-refractivity contribution in [3.05, 3.63) is 34.1 Å². The Morgan fingerprint density at radius 2 is 2.16 bits per heavy atom. The summed E-state index contributed by atoms with van der Waals surface area (Å²) in [7, 11) is 1.35. The van der Waals surface area contributed by atoms with Gasteiger partial charge < -0.3 is 5.32 Å². The van der Waals surface area contributed by atoms with Gasteiger partial charge in [0.05, 0.1) is 23.1 Å². The predicted octanol–water partition coefficient (Wildman–Crippen LogP) is 0.903. The van der Waals surface area contributed by atoms with Gasteiger partial charge in [0, 0.05) is 13.1 Å². The number of hydrogen-bond acceptors (Lipinski definition) is 5. The second kappa shape index (κ2) is 4.63. The summed E-state index contributed by atoms with van der Waals surface area (Å²) < 4.78 is 13.6. The SMILES string of the molecule is CN1C(=O)CC(Nc2ccc([N+](=O)[O-])cc2F)C1=O. The number of imide groups is 1. The molecule has 0 spiro atoms. The molecular weight excluding hydrogens is 257 g/mol. The minimum Gasteiger partial charge on any atom is -0.371 e. The van der Waals surface area contributed by atoms with Gasteiger partial charge in [-0.2, -0.15) is 0 Å². The first-order valence-electron chi connectivity index (χ1n) is 5.41. The molecule has 1 atom stereocenters. The predicted molar refractivity (Wildman–Crippen MR) is 62.9 cm³/mol. The maximum atomic E-state index is 13.6. The zero-order valence-corrected chi connectivity index (χ0v) is 9.92. The number of nitrogens with zero attached hydrogens (tertiary/aromatic N) is 2. The van der Waals surface area contributed by atoms with Crippen LogP contribution in [0.25, 0.3) is 0 Å². The van der Waals surface area contributed by atoms with Gasteiger partial charge in [-0.3, -0.25) is 24.6 Å². The molecule has 1 aliphatic rings. The fraction of sp³-hybridized carbons (Fsp3) is 0.273. The molecule has 7 nitrogen and oxygen atoms in total. The van der Waals surface area contributed by atoms with E-state index in [9.17, 15) is 24.1 Å². The molecule has 0 aliphatic carbocycles. The van der Waals surface area contributed by atoms with Crippen LogP contribution in [0.4, 0.5) is 15.8 Å². The molecule has 1 unspecified atom stereocenters. The third-order valence-electron chi connectivity index (χ3n) is 2.87. The summed E-state index contributed by atoms with van der Waals surface area (Å²) in [6, 6.07) is 2.21. The molecule has 1 saturated heterocycles. The van der Waals surface area contributed by atoms with Crippen molar-refractivity contribution < 1.29 is 18.9 Å². The highest BCUT2D eigenvalue weighted by Gasteiger charge is 2.36. The number of amides is 2. The van der Waals surface area contributed by atoms with Crippen LogP contribution in [0.1, 0.15) is 6.42 Å². The fourth-order valence-corrected chi connectivity index (χ4v) is 1.79. The Hall–Kier alpha value is -2.51. The third-order valence-corrected chi connectivity index (χ3v) is 2.87. The van der Waals surface area contributed by atoms with Crippen molar-refractivity contribution in [2.75, 3.05) is 12.4 Å². The first kappa shape index (κ1) is 12.9. The van der Waals surface area contributed by atoms with Crippen molar-refractivity contribution in [1.29, 1.82) is 0 Å². The standard InChI is InChI=1S/C11H10FN3O4/c1-14-10(16)5-9(11(14)17)13-8-3-2-6(15(18)19)4-7(8)12/h2-4,9,13H,5H2,1H3. The van der Waals surface area contributed by atoms with Gasteiger partial charge in [0.25, 0.3) is 11.6 Å². The van der Waals surface area contributed by atoms with Crippen LogP contribution in [0.2, 0.25) is 0 Å². The Labute approximate surface area is 107 Å². The Bertz CT molecular complexity index is 575. The van der Waals surface area contributed by atoms with E-state index in [2.05, 4.69) is 5.32 Å². The normalized spacial score (nSPS) is 18.8. The average molecular weight is 267 g/mol. The first-order chi connectivity index (χ1) is 8.90. The lowest BCUT2D eigenvalue weighted by molar-refractivity contribution is -0.385. The van der Waals surface area contributed by atoms with E-state index in [1.165, 1.54) is 13.1 Å². The van der Waals surface area contributed by atoms with Crippen molar-refractivity contribution in [2.45, 2.75) is 12.5 Å². The maximum absolute atomic E-state index is 13.6. The topological polar surface area (TPSA) is 92.6 Å². The van der Waals surface area contributed by atoms with E-state index in [1.807, 2.05) is 0 Å². The van der Waals surface area contributed by atoms with Gasteiger partial charge in [0.15, 0.2) is 5.82 Å². The van der Waals surface area contributed by atoms with E-state index in [0.717, 1.165) is 17.0 Å². The van der Waals surface area contributed by atoms with Crippen molar-refractivity contribution in [3.8, 4) is 0 Å². The summed E-state index contributed by atoms with van der Waals surface area (Å²) in [6.45, 7) is 0. The number of benzene rings is 1. The molecule has 0 aromatic heterocycles. The van der Waals surface area contributed by atoms with Gasteiger partial charge in [-0.15, -0.1) is 0 Å². The molecule has 1 heterocycles. The summed E-state index contributed by atoms with van der Waals surface area (Å²) in [5.74, 6) is -1.66. The largest absolute Gasteiger partial charge is 0.371 e. The van der Waals surface area contributed by atoms with Crippen LogP contribution in [0.5, 0.6) is 0 Å². The van der Waals surface area contributed by atoms with E-state index in [1.54, 1.807) is 0 Å². The van der Waals surface area contributed by atoms with Crippen LogP contribution in [-0.2, 0) is 9.59 Å². The van der Waals surface area contributed by atoms with Gasteiger partial charge in [-0.1, -0.05) is 0 Å². The summed E-state index contributed by atoms with van der Waals surface area (Å²) in [4.78, 5) is 33.6. The molecule has 2 amide bonds. The number of rotatable bonds is 3. The highest BCUT2D eigenvalue weighted by atomic mass is 19.1. The van der Waals surface area contributed by atoms with Gasteiger partial charge in [0.2, 0.25) is 5.91 Å². The molecule has 1 aromatic rings. The average Bonchev–Trinajstić information content (AvgIpc) is 2.59. The minimum absolute atomic E-state index is 0.0490. The molecule has 1 N–H and O–H groups in total. The van der Waals surface area contributed by atoms with Crippen LogP contribution in [0.3, 0.4) is 0 Å². The molecule has 8 heteroatoms. The van der Waals surface area contributed by atoms with Gasteiger partial charge >= 0.3 is 0 Å². The maximum Gasteiger partial charge on any atom is 0.272 e. The third kappa shape index (κ3) is 2.37. The van der Waals surface area contributed by atoms with E-state index in [4.69, 9.17) is 0 Å². The van der Waals surface area contributed by atoms with Crippen LogP contribution in [0, 0.1) is 15.9 Å². The van der Waals surface area contributed by atoms with Gasteiger partial charge in [-0.25, -0.2) is 4.39 Å². The van der Waals surface area contributed by atoms with Gasteiger partial charge in [-0.05, 0) is 6.07 Å². The highest BCUT2D eigenvalue weighted by Crippen LogP contribution is 2.23. The fourth-order valence-electron chi connectivity index (χ4n) is 1.79. The lowest BCUT2D eigenvalue weighted by Crippen LogP contribution is -2.32. The number of likely N-dealkylation sites (N-methyl/N-ethyl adjacent to an activating group) is 1. The molecule has 1 aliphatic heterocycles. The van der Waals surface area contributed by atoms with Gasteiger partial charge in [0.1, 0.15) is 6.04 Å². The number of nitro groups is 1.